The van der Waals surface area contributed by atoms with Gasteiger partial charge in [-0.3, -0.25) is 0 Å². The molecule has 84 valence electrons. The molecule has 4 nitrogen and oxygen atoms in total. The second kappa shape index (κ2) is 4.31. The first kappa shape index (κ1) is 10.6. The van der Waals surface area contributed by atoms with Crippen molar-refractivity contribution >= 4 is 0 Å². The number of aliphatic hydroxyl groups is 1. The van der Waals surface area contributed by atoms with Gasteiger partial charge in [-0.15, -0.1) is 10.2 Å². The van der Waals surface area contributed by atoms with Crippen LogP contribution in [-0.4, -0.2) is 19.9 Å². The predicted octanol–water partition coefficient (Wildman–Crippen LogP) is 2.01. The van der Waals surface area contributed by atoms with Crippen LogP contribution in [0.4, 0.5) is 0 Å². The molecule has 1 aromatic heterocycles. The van der Waals surface area contributed by atoms with Crippen molar-refractivity contribution in [2.24, 2.45) is 0 Å². The van der Waals surface area contributed by atoms with Gasteiger partial charge in [-0.2, -0.15) is 0 Å². The van der Waals surface area contributed by atoms with Crippen LogP contribution in [0.15, 0.2) is 0 Å². The summed E-state index contributed by atoms with van der Waals surface area (Å²) in [4.78, 5) is 0. The van der Waals surface area contributed by atoms with E-state index in [1.807, 2.05) is 0 Å². The maximum Gasteiger partial charge on any atom is 0.159 e. The van der Waals surface area contributed by atoms with E-state index in [0.29, 0.717) is 12.0 Å². The molecule has 1 N–H and O–H groups in total. The van der Waals surface area contributed by atoms with Crippen molar-refractivity contribution < 1.29 is 5.11 Å². The number of hydrogen-bond donors (Lipinski definition) is 1. The topological polar surface area (TPSA) is 50.9 Å². The van der Waals surface area contributed by atoms with E-state index in [9.17, 15) is 5.11 Å². The van der Waals surface area contributed by atoms with E-state index in [0.717, 1.165) is 24.5 Å². The monoisotopic (exact) mass is 209 g/mol. The average Bonchev–Trinajstić information content (AvgIpc) is 2.97. The van der Waals surface area contributed by atoms with Crippen LogP contribution in [0.5, 0.6) is 0 Å². The Morgan fingerprint density at radius 1 is 1.47 bits per heavy atom. The first-order valence-corrected chi connectivity index (χ1v) is 5.82. The van der Waals surface area contributed by atoms with Crippen LogP contribution < -0.4 is 0 Å². The Balaban J connectivity index is 2.25. The van der Waals surface area contributed by atoms with Crippen LogP contribution in [0.3, 0.4) is 0 Å². The molecule has 0 bridgehead atoms. The maximum absolute atomic E-state index is 9.20. The number of aliphatic hydroxyl groups excluding tert-OH is 1. The summed E-state index contributed by atoms with van der Waals surface area (Å²) in [5, 5.41) is 17.5. The smallest absolute Gasteiger partial charge is 0.159 e. The molecule has 1 fully saturated rings. The zero-order valence-electron chi connectivity index (χ0n) is 9.48. The van der Waals surface area contributed by atoms with E-state index in [2.05, 4.69) is 28.6 Å². The molecule has 4 heteroatoms. The summed E-state index contributed by atoms with van der Waals surface area (Å²) < 4.78 is 2.15. The fourth-order valence-electron chi connectivity index (χ4n) is 2.07. The van der Waals surface area contributed by atoms with Crippen molar-refractivity contribution in [3.63, 3.8) is 0 Å². The lowest BCUT2D eigenvalue weighted by Gasteiger charge is -2.12. The molecule has 0 radical (unpaired) electrons. The highest BCUT2D eigenvalue weighted by Crippen LogP contribution is 2.38. The fraction of sp³-hybridized carbons (Fsp3) is 0.818. The highest BCUT2D eigenvalue weighted by molar-refractivity contribution is 5.06. The number of rotatable bonds is 5. The number of hydrogen-bond acceptors (Lipinski definition) is 3. The van der Waals surface area contributed by atoms with Gasteiger partial charge in [0.15, 0.2) is 5.82 Å². The average molecular weight is 209 g/mol. The van der Waals surface area contributed by atoms with Crippen molar-refractivity contribution in [2.45, 2.75) is 58.1 Å². The summed E-state index contributed by atoms with van der Waals surface area (Å²) in [5.74, 6) is 2.24. The predicted molar refractivity (Wildman–Crippen MR) is 57.5 cm³/mol. The molecule has 1 aliphatic rings. The summed E-state index contributed by atoms with van der Waals surface area (Å²) in [5.41, 5.74) is 0. The van der Waals surface area contributed by atoms with Gasteiger partial charge < -0.3 is 9.67 Å². The van der Waals surface area contributed by atoms with Crippen LogP contribution >= 0.6 is 0 Å². The fourth-order valence-corrected chi connectivity index (χ4v) is 2.07. The van der Waals surface area contributed by atoms with Crippen molar-refractivity contribution in [2.75, 3.05) is 0 Å². The Morgan fingerprint density at radius 2 is 2.20 bits per heavy atom. The van der Waals surface area contributed by atoms with Crippen molar-refractivity contribution in [1.29, 1.82) is 0 Å². The van der Waals surface area contributed by atoms with Crippen molar-refractivity contribution in [1.82, 2.24) is 14.8 Å². The molecule has 0 aromatic carbocycles. The van der Waals surface area contributed by atoms with Crippen molar-refractivity contribution in [3.05, 3.63) is 11.6 Å². The molecule has 0 saturated heterocycles. The van der Waals surface area contributed by atoms with Crippen molar-refractivity contribution in [3.8, 4) is 0 Å². The third kappa shape index (κ3) is 2.04. The van der Waals surface area contributed by atoms with Crippen LogP contribution in [-0.2, 0) is 6.61 Å². The van der Waals surface area contributed by atoms with E-state index in [4.69, 9.17) is 0 Å². The third-order valence-electron chi connectivity index (χ3n) is 3.01. The first-order valence-electron chi connectivity index (χ1n) is 5.82. The molecule has 0 aliphatic heterocycles. The largest absolute Gasteiger partial charge is 0.388 e. The van der Waals surface area contributed by atoms with E-state index >= 15 is 0 Å². The van der Waals surface area contributed by atoms with Gasteiger partial charge >= 0.3 is 0 Å². The van der Waals surface area contributed by atoms with Gasteiger partial charge in [-0.1, -0.05) is 20.3 Å². The molecule has 1 saturated carbocycles. The van der Waals surface area contributed by atoms with Gasteiger partial charge in [-0.25, -0.2) is 0 Å². The standard InChI is InChI=1S/C11H19N3O/c1-3-4-8(2)11-13-12-10(7-15)14(11)9-5-6-9/h8-9,15H,3-7H2,1-2H3. The summed E-state index contributed by atoms with van der Waals surface area (Å²) in [7, 11) is 0. The third-order valence-corrected chi connectivity index (χ3v) is 3.01. The Labute approximate surface area is 90.3 Å². The maximum atomic E-state index is 9.20. The number of nitrogens with zero attached hydrogens (tertiary/aromatic N) is 3. The van der Waals surface area contributed by atoms with Gasteiger partial charge in [0.05, 0.1) is 0 Å². The molecule has 1 aromatic rings. The minimum absolute atomic E-state index is 0.00233. The Bertz CT molecular complexity index is 331. The normalized spacial score (nSPS) is 18.1. The summed E-state index contributed by atoms with van der Waals surface area (Å²) in [6.45, 7) is 4.37. The molecule has 0 amide bonds. The molecule has 15 heavy (non-hydrogen) atoms. The van der Waals surface area contributed by atoms with Gasteiger partial charge in [0, 0.05) is 12.0 Å². The summed E-state index contributed by atoms with van der Waals surface area (Å²) in [6.07, 6.45) is 4.71. The molecule has 0 spiro atoms. The highest BCUT2D eigenvalue weighted by Gasteiger charge is 2.30. The molecule has 1 atom stereocenters. The molecular formula is C11H19N3O. The van der Waals surface area contributed by atoms with E-state index in [-0.39, 0.29) is 6.61 Å². The van der Waals surface area contributed by atoms with Crippen LogP contribution in [0.25, 0.3) is 0 Å². The second-order valence-corrected chi connectivity index (χ2v) is 4.42. The van der Waals surface area contributed by atoms with Gasteiger partial charge in [0.1, 0.15) is 12.4 Å². The van der Waals surface area contributed by atoms with Crippen LogP contribution in [0, 0.1) is 0 Å². The van der Waals surface area contributed by atoms with E-state index in [1.165, 1.54) is 12.8 Å². The quantitative estimate of drug-likeness (QED) is 0.807. The highest BCUT2D eigenvalue weighted by atomic mass is 16.3. The SMILES string of the molecule is CCCC(C)c1nnc(CO)n1C1CC1. The molecule has 1 heterocycles. The summed E-state index contributed by atoms with van der Waals surface area (Å²) >= 11 is 0. The molecule has 1 aliphatic carbocycles. The first-order chi connectivity index (χ1) is 7.27. The number of aromatic nitrogens is 3. The zero-order valence-corrected chi connectivity index (χ0v) is 9.48. The lowest BCUT2D eigenvalue weighted by molar-refractivity contribution is 0.264. The molecule has 2 rings (SSSR count). The van der Waals surface area contributed by atoms with E-state index in [1.54, 1.807) is 0 Å². The minimum Gasteiger partial charge on any atom is -0.388 e. The molecular weight excluding hydrogens is 190 g/mol. The van der Waals surface area contributed by atoms with Gasteiger partial charge in [-0.05, 0) is 19.3 Å². The lowest BCUT2D eigenvalue weighted by atomic mass is 10.1. The lowest BCUT2D eigenvalue weighted by Crippen LogP contribution is -2.08. The van der Waals surface area contributed by atoms with Crippen LogP contribution in [0.2, 0.25) is 0 Å². The van der Waals surface area contributed by atoms with Gasteiger partial charge in [0.2, 0.25) is 0 Å². The van der Waals surface area contributed by atoms with Gasteiger partial charge in [0.25, 0.3) is 0 Å². The summed E-state index contributed by atoms with van der Waals surface area (Å²) in [6, 6.07) is 0.552. The molecule has 1 unspecified atom stereocenters. The Kier molecular flexibility index (Phi) is 3.05. The second-order valence-electron chi connectivity index (χ2n) is 4.42. The Hall–Kier alpha value is -0.900. The van der Waals surface area contributed by atoms with Crippen LogP contribution in [0.1, 0.15) is 63.1 Å². The van der Waals surface area contributed by atoms with E-state index < -0.39 is 0 Å². The zero-order chi connectivity index (χ0) is 10.8. The minimum atomic E-state index is 0.00233. The Morgan fingerprint density at radius 3 is 2.73 bits per heavy atom.